The van der Waals surface area contributed by atoms with Gasteiger partial charge in [0, 0.05) is 11.1 Å². The number of carbonyl (C=O) groups excluding carboxylic acids is 1. The van der Waals surface area contributed by atoms with Crippen LogP contribution in [0.2, 0.25) is 10.0 Å². The number of carbonyl (C=O) groups is 1. The molecule has 178 valence electrons. The highest BCUT2D eigenvalue weighted by atomic mass is 35.5. The summed E-state index contributed by atoms with van der Waals surface area (Å²) < 4.78 is 11.5. The highest BCUT2D eigenvalue weighted by Gasteiger charge is 2.14. The van der Waals surface area contributed by atoms with Crippen LogP contribution in [0.15, 0.2) is 84.1 Å². The highest BCUT2D eigenvalue weighted by molar-refractivity contribution is 6.42. The summed E-state index contributed by atoms with van der Waals surface area (Å²) in [5, 5.41) is 11.8. The van der Waals surface area contributed by atoms with Gasteiger partial charge in [-0.05, 0) is 48.9 Å². The van der Waals surface area contributed by atoms with Crippen molar-refractivity contribution in [3.05, 3.63) is 100 Å². The van der Waals surface area contributed by atoms with Crippen LogP contribution in [-0.4, -0.2) is 28.4 Å². The van der Waals surface area contributed by atoms with Gasteiger partial charge in [0.25, 0.3) is 5.91 Å². The maximum absolute atomic E-state index is 12.4. The number of aromatic nitrogens is 2. The van der Waals surface area contributed by atoms with E-state index in [0.29, 0.717) is 39.4 Å². The van der Waals surface area contributed by atoms with E-state index < -0.39 is 12.0 Å². The van der Waals surface area contributed by atoms with E-state index in [2.05, 4.69) is 20.7 Å². The van der Waals surface area contributed by atoms with E-state index in [0.717, 1.165) is 11.1 Å². The SMILES string of the molecule is C[C@@H](Oc1ccc(OCc2ccccc2)cc1)C(=O)N/N=C\c1cn[nH]c1-c1ccc(Cl)c(Cl)c1. The first kappa shape index (κ1) is 24.3. The van der Waals surface area contributed by atoms with Gasteiger partial charge in [-0.3, -0.25) is 9.89 Å². The van der Waals surface area contributed by atoms with Gasteiger partial charge in [-0.2, -0.15) is 10.2 Å². The number of hydrogen-bond acceptors (Lipinski definition) is 5. The molecule has 0 aliphatic carbocycles. The lowest BCUT2D eigenvalue weighted by atomic mass is 10.1. The van der Waals surface area contributed by atoms with Gasteiger partial charge in [-0.15, -0.1) is 0 Å². The van der Waals surface area contributed by atoms with Crippen molar-refractivity contribution in [1.82, 2.24) is 15.6 Å². The molecule has 7 nitrogen and oxygen atoms in total. The first-order valence-corrected chi connectivity index (χ1v) is 11.5. The van der Waals surface area contributed by atoms with Gasteiger partial charge in [0.1, 0.15) is 18.1 Å². The molecule has 1 amide bonds. The molecule has 1 heterocycles. The molecule has 0 aliphatic rings. The van der Waals surface area contributed by atoms with Crippen molar-refractivity contribution in [2.75, 3.05) is 0 Å². The van der Waals surface area contributed by atoms with E-state index in [1.165, 1.54) is 6.21 Å². The molecule has 0 saturated heterocycles. The van der Waals surface area contributed by atoms with Crippen LogP contribution in [0.3, 0.4) is 0 Å². The molecule has 0 spiro atoms. The number of rotatable bonds is 9. The number of benzene rings is 3. The van der Waals surface area contributed by atoms with Crippen molar-refractivity contribution in [3.8, 4) is 22.8 Å². The molecule has 9 heteroatoms. The summed E-state index contributed by atoms with van der Waals surface area (Å²) in [7, 11) is 0. The zero-order chi connectivity index (χ0) is 24.6. The molecule has 2 N–H and O–H groups in total. The van der Waals surface area contributed by atoms with Crippen LogP contribution >= 0.6 is 23.2 Å². The van der Waals surface area contributed by atoms with Crippen molar-refractivity contribution in [3.63, 3.8) is 0 Å². The third kappa shape index (κ3) is 6.62. The number of nitrogens with one attached hydrogen (secondary N) is 2. The number of aromatic amines is 1. The Labute approximate surface area is 212 Å². The maximum Gasteiger partial charge on any atom is 0.280 e. The number of ether oxygens (including phenoxy) is 2. The summed E-state index contributed by atoms with van der Waals surface area (Å²) >= 11 is 12.1. The summed E-state index contributed by atoms with van der Waals surface area (Å²) in [6, 6.07) is 22.2. The fourth-order valence-electron chi connectivity index (χ4n) is 3.15. The fourth-order valence-corrected chi connectivity index (χ4v) is 3.44. The van der Waals surface area contributed by atoms with E-state index >= 15 is 0 Å². The largest absolute Gasteiger partial charge is 0.489 e. The molecule has 0 saturated carbocycles. The van der Waals surface area contributed by atoms with Crippen molar-refractivity contribution in [1.29, 1.82) is 0 Å². The van der Waals surface area contributed by atoms with Gasteiger partial charge in [-0.1, -0.05) is 59.6 Å². The summed E-state index contributed by atoms with van der Waals surface area (Å²) in [5.41, 5.74) is 5.72. The van der Waals surface area contributed by atoms with Crippen molar-refractivity contribution in [2.24, 2.45) is 5.10 Å². The Morgan fingerprint density at radius 2 is 1.80 bits per heavy atom. The minimum Gasteiger partial charge on any atom is -0.489 e. The number of halogens is 2. The summed E-state index contributed by atoms with van der Waals surface area (Å²) in [5.74, 6) is 0.853. The summed E-state index contributed by atoms with van der Waals surface area (Å²) in [6.45, 7) is 2.12. The topological polar surface area (TPSA) is 88.6 Å². The van der Waals surface area contributed by atoms with E-state index in [9.17, 15) is 4.79 Å². The summed E-state index contributed by atoms with van der Waals surface area (Å²) in [4.78, 5) is 12.4. The molecule has 0 unspecified atom stereocenters. The first-order chi connectivity index (χ1) is 17.0. The fraction of sp³-hybridized carbons (Fsp3) is 0.115. The average molecular weight is 509 g/mol. The van der Waals surface area contributed by atoms with Crippen molar-refractivity contribution >= 4 is 35.3 Å². The Hall–Kier alpha value is -3.81. The Morgan fingerprint density at radius 3 is 2.54 bits per heavy atom. The molecule has 0 aliphatic heterocycles. The van der Waals surface area contributed by atoms with E-state index in [-0.39, 0.29) is 0 Å². The van der Waals surface area contributed by atoms with E-state index in [1.54, 1.807) is 49.5 Å². The van der Waals surface area contributed by atoms with Crippen LogP contribution in [0.4, 0.5) is 0 Å². The lowest BCUT2D eigenvalue weighted by Crippen LogP contribution is -2.33. The van der Waals surface area contributed by atoms with E-state index in [4.69, 9.17) is 32.7 Å². The zero-order valence-corrected chi connectivity index (χ0v) is 20.3. The van der Waals surface area contributed by atoms with Crippen LogP contribution in [-0.2, 0) is 11.4 Å². The number of hydrazone groups is 1. The molecular weight excluding hydrogens is 487 g/mol. The number of H-pyrrole nitrogens is 1. The molecule has 1 atom stereocenters. The number of hydrogen-bond donors (Lipinski definition) is 2. The average Bonchev–Trinajstić information content (AvgIpc) is 3.34. The smallest absolute Gasteiger partial charge is 0.280 e. The van der Waals surface area contributed by atoms with Gasteiger partial charge in [0.2, 0.25) is 0 Å². The van der Waals surface area contributed by atoms with Gasteiger partial charge in [0.15, 0.2) is 6.10 Å². The quantitative estimate of drug-likeness (QED) is 0.218. The second-order valence-corrected chi connectivity index (χ2v) is 8.38. The van der Waals surface area contributed by atoms with Gasteiger partial charge in [-0.25, -0.2) is 5.43 Å². The molecule has 3 aromatic carbocycles. The Kier molecular flexibility index (Phi) is 8.03. The molecule has 35 heavy (non-hydrogen) atoms. The second-order valence-electron chi connectivity index (χ2n) is 7.57. The minimum absolute atomic E-state index is 0.398. The minimum atomic E-state index is -0.762. The van der Waals surface area contributed by atoms with Crippen molar-refractivity contribution in [2.45, 2.75) is 19.6 Å². The third-order valence-electron chi connectivity index (χ3n) is 5.01. The van der Waals surface area contributed by atoms with E-state index in [1.807, 2.05) is 36.4 Å². The molecule has 4 aromatic rings. The third-order valence-corrected chi connectivity index (χ3v) is 5.75. The predicted octanol–water partition coefficient (Wildman–Crippen LogP) is 5.88. The molecule has 0 bridgehead atoms. The Balaban J connectivity index is 1.29. The van der Waals surface area contributed by atoms with Crippen molar-refractivity contribution < 1.29 is 14.3 Å². The Bertz CT molecular complexity index is 1310. The normalized spacial score (nSPS) is 11.9. The maximum atomic E-state index is 12.4. The zero-order valence-electron chi connectivity index (χ0n) is 18.7. The van der Waals surface area contributed by atoms with Crippen LogP contribution in [0.25, 0.3) is 11.3 Å². The molecule has 0 fully saturated rings. The molecular formula is C26H22Cl2N4O3. The second kappa shape index (κ2) is 11.6. The van der Waals surface area contributed by atoms with Gasteiger partial charge in [0.05, 0.1) is 28.2 Å². The first-order valence-electron chi connectivity index (χ1n) is 10.7. The van der Waals surface area contributed by atoms with Crippen LogP contribution < -0.4 is 14.9 Å². The number of nitrogens with zero attached hydrogens (tertiary/aromatic N) is 2. The molecule has 4 rings (SSSR count). The van der Waals surface area contributed by atoms with Crippen LogP contribution in [0.1, 0.15) is 18.1 Å². The standard InChI is InChI=1S/C26H22Cl2N4O3/c1-17(35-22-10-8-21(9-11-22)34-16-18-5-3-2-4-6-18)26(33)32-30-15-20-14-29-31-25(20)19-7-12-23(27)24(28)13-19/h2-15,17H,16H2,1H3,(H,29,31)(H,32,33)/b30-15-/t17-/m1/s1. The number of amides is 1. The highest BCUT2D eigenvalue weighted by Crippen LogP contribution is 2.28. The lowest BCUT2D eigenvalue weighted by molar-refractivity contribution is -0.127. The van der Waals surface area contributed by atoms with Crippen LogP contribution in [0.5, 0.6) is 11.5 Å². The lowest BCUT2D eigenvalue weighted by Gasteiger charge is -2.13. The predicted molar refractivity (Wildman–Crippen MR) is 137 cm³/mol. The summed E-state index contributed by atoms with van der Waals surface area (Å²) in [6.07, 6.45) is 2.32. The monoisotopic (exact) mass is 508 g/mol. The molecule has 1 aromatic heterocycles. The Morgan fingerprint density at radius 1 is 1.06 bits per heavy atom. The molecule has 0 radical (unpaired) electrons. The van der Waals surface area contributed by atoms with Crippen LogP contribution in [0, 0.1) is 0 Å². The van der Waals surface area contributed by atoms with Gasteiger partial charge >= 0.3 is 0 Å². The van der Waals surface area contributed by atoms with Gasteiger partial charge < -0.3 is 9.47 Å².